The van der Waals surface area contributed by atoms with Crippen molar-refractivity contribution in [3.05, 3.63) is 0 Å². The van der Waals surface area contributed by atoms with E-state index in [9.17, 15) is 14.7 Å². The second-order valence-electron chi connectivity index (χ2n) is 5.07. The topological polar surface area (TPSA) is 105 Å². The third-order valence-electron chi connectivity index (χ3n) is 2.27. The summed E-state index contributed by atoms with van der Waals surface area (Å²) in [5.41, 5.74) is 4.38. The van der Waals surface area contributed by atoms with E-state index in [2.05, 4.69) is 5.32 Å². The van der Waals surface area contributed by atoms with Gasteiger partial charge in [-0.05, 0) is 20.8 Å². The highest BCUT2D eigenvalue weighted by molar-refractivity contribution is 5.73. The maximum absolute atomic E-state index is 11.7. The van der Waals surface area contributed by atoms with Crippen LogP contribution in [0.1, 0.15) is 20.8 Å². The molecular formula is C10H19N3O4. The van der Waals surface area contributed by atoms with Gasteiger partial charge in [0.25, 0.3) is 0 Å². The van der Waals surface area contributed by atoms with Crippen LogP contribution in [0.25, 0.3) is 0 Å². The van der Waals surface area contributed by atoms with Crippen molar-refractivity contribution >= 4 is 12.1 Å². The van der Waals surface area contributed by atoms with E-state index < -0.39 is 29.9 Å². The van der Waals surface area contributed by atoms with Gasteiger partial charge in [-0.3, -0.25) is 0 Å². The molecule has 0 spiro atoms. The molecule has 1 rings (SSSR count). The first kappa shape index (κ1) is 13.6. The lowest BCUT2D eigenvalue weighted by Gasteiger charge is -2.24. The molecule has 0 saturated carbocycles. The molecule has 7 nitrogen and oxygen atoms in total. The summed E-state index contributed by atoms with van der Waals surface area (Å²) in [6.45, 7) is 5.60. The predicted molar refractivity (Wildman–Crippen MR) is 60.3 cm³/mol. The van der Waals surface area contributed by atoms with Crippen molar-refractivity contribution in [2.75, 3.05) is 13.1 Å². The number of nitrogens with zero attached hydrogens (tertiary/aromatic N) is 1. The Labute approximate surface area is 99.9 Å². The molecule has 0 radical (unpaired) electrons. The number of urea groups is 1. The smallest absolute Gasteiger partial charge is 0.410 e. The van der Waals surface area contributed by atoms with E-state index in [-0.39, 0.29) is 13.1 Å². The first-order valence-corrected chi connectivity index (χ1v) is 5.41. The van der Waals surface area contributed by atoms with Crippen LogP contribution in [-0.2, 0) is 4.74 Å². The molecule has 2 atom stereocenters. The van der Waals surface area contributed by atoms with Crippen LogP contribution in [0.15, 0.2) is 0 Å². The van der Waals surface area contributed by atoms with E-state index in [0.717, 1.165) is 0 Å². The predicted octanol–water partition coefficient (Wildman–Crippen LogP) is -0.365. The second-order valence-corrected chi connectivity index (χ2v) is 5.07. The van der Waals surface area contributed by atoms with Gasteiger partial charge in [-0.25, -0.2) is 9.59 Å². The van der Waals surface area contributed by atoms with E-state index in [1.807, 2.05) is 0 Å². The number of carbonyl (C=O) groups excluding carboxylic acids is 2. The Balaban J connectivity index is 2.53. The van der Waals surface area contributed by atoms with E-state index >= 15 is 0 Å². The molecule has 1 aliphatic heterocycles. The van der Waals surface area contributed by atoms with E-state index in [4.69, 9.17) is 10.5 Å². The number of aliphatic hydroxyl groups excluding tert-OH is 1. The van der Waals surface area contributed by atoms with Crippen molar-refractivity contribution in [2.45, 2.75) is 38.5 Å². The molecule has 0 aromatic rings. The molecule has 0 aliphatic carbocycles. The number of aliphatic hydroxyl groups is 1. The molecule has 98 valence electrons. The summed E-state index contributed by atoms with van der Waals surface area (Å²) in [5.74, 6) is 0. The third kappa shape index (κ3) is 4.10. The molecule has 0 aromatic carbocycles. The van der Waals surface area contributed by atoms with E-state index in [1.165, 1.54) is 4.90 Å². The molecule has 0 bridgehead atoms. The van der Waals surface area contributed by atoms with Gasteiger partial charge < -0.3 is 25.8 Å². The molecule has 1 fully saturated rings. The minimum atomic E-state index is -0.824. The van der Waals surface area contributed by atoms with Crippen molar-refractivity contribution in [1.29, 1.82) is 0 Å². The van der Waals surface area contributed by atoms with Gasteiger partial charge in [0.15, 0.2) is 0 Å². The normalized spacial score (nSPS) is 24.6. The second kappa shape index (κ2) is 4.79. The van der Waals surface area contributed by atoms with Crippen molar-refractivity contribution in [3.8, 4) is 0 Å². The van der Waals surface area contributed by atoms with Gasteiger partial charge in [0.05, 0.1) is 18.7 Å². The maximum Gasteiger partial charge on any atom is 0.410 e. The van der Waals surface area contributed by atoms with Gasteiger partial charge in [-0.15, -0.1) is 0 Å². The number of nitrogens with one attached hydrogen (secondary N) is 1. The zero-order chi connectivity index (χ0) is 13.2. The van der Waals surface area contributed by atoms with Crippen molar-refractivity contribution in [3.63, 3.8) is 0 Å². The summed E-state index contributed by atoms with van der Waals surface area (Å²) in [6.07, 6.45) is -1.33. The number of β-amino-alcohol motifs (C(OH)–C–C–N with tert-alkyl or cyclic N) is 1. The van der Waals surface area contributed by atoms with Gasteiger partial charge in [-0.1, -0.05) is 0 Å². The van der Waals surface area contributed by atoms with E-state index in [1.54, 1.807) is 20.8 Å². The molecule has 2 unspecified atom stereocenters. The molecule has 1 saturated heterocycles. The fourth-order valence-corrected chi connectivity index (χ4v) is 1.59. The largest absolute Gasteiger partial charge is 0.444 e. The molecular weight excluding hydrogens is 226 g/mol. The van der Waals surface area contributed by atoms with Crippen LogP contribution in [0.4, 0.5) is 9.59 Å². The average Bonchev–Trinajstić information content (AvgIpc) is 2.44. The highest BCUT2D eigenvalue weighted by Crippen LogP contribution is 2.15. The van der Waals surface area contributed by atoms with Crippen LogP contribution in [-0.4, -0.2) is 53.0 Å². The molecule has 17 heavy (non-hydrogen) atoms. The van der Waals surface area contributed by atoms with Crippen LogP contribution in [0.2, 0.25) is 0 Å². The minimum Gasteiger partial charge on any atom is -0.444 e. The monoisotopic (exact) mass is 245 g/mol. The summed E-state index contributed by atoms with van der Waals surface area (Å²) in [6, 6.07) is -1.26. The Morgan fingerprint density at radius 2 is 2.00 bits per heavy atom. The van der Waals surface area contributed by atoms with Gasteiger partial charge in [0, 0.05) is 6.54 Å². The fraction of sp³-hybridized carbons (Fsp3) is 0.800. The molecule has 1 aliphatic rings. The molecule has 1 heterocycles. The summed E-state index contributed by atoms with van der Waals surface area (Å²) >= 11 is 0. The molecule has 3 amide bonds. The highest BCUT2D eigenvalue weighted by atomic mass is 16.6. The lowest BCUT2D eigenvalue weighted by atomic mass is 10.2. The Hall–Kier alpha value is -1.50. The van der Waals surface area contributed by atoms with Gasteiger partial charge in [-0.2, -0.15) is 0 Å². The molecule has 4 N–H and O–H groups in total. The van der Waals surface area contributed by atoms with Crippen LogP contribution in [0.5, 0.6) is 0 Å². The Bertz CT molecular complexity index is 313. The van der Waals surface area contributed by atoms with Crippen molar-refractivity contribution < 1.29 is 19.4 Å². The van der Waals surface area contributed by atoms with Gasteiger partial charge in [0.2, 0.25) is 0 Å². The number of carbonyl (C=O) groups is 2. The Morgan fingerprint density at radius 1 is 1.41 bits per heavy atom. The van der Waals surface area contributed by atoms with Gasteiger partial charge in [0.1, 0.15) is 5.60 Å². The first-order valence-electron chi connectivity index (χ1n) is 5.41. The highest BCUT2D eigenvalue weighted by Gasteiger charge is 2.36. The lowest BCUT2D eigenvalue weighted by Crippen LogP contribution is -2.45. The zero-order valence-corrected chi connectivity index (χ0v) is 10.3. The van der Waals surface area contributed by atoms with Crippen molar-refractivity contribution in [2.24, 2.45) is 5.73 Å². The number of nitrogens with two attached hydrogens (primary N) is 1. The van der Waals surface area contributed by atoms with Crippen LogP contribution in [0.3, 0.4) is 0 Å². The minimum absolute atomic E-state index is 0.125. The number of hydrogen-bond donors (Lipinski definition) is 3. The summed E-state index contributed by atoms with van der Waals surface area (Å²) < 4.78 is 5.16. The number of rotatable bonds is 1. The van der Waals surface area contributed by atoms with E-state index in [0.29, 0.717) is 0 Å². The summed E-state index contributed by atoms with van der Waals surface area (Å²) in [5, 5.41) is 12.0. The number of primary amides is 1. The lowest BCUT2D eigenvalue weighted by molar-refractivity contribution is 0.0270. The summed E-state index contributed by atoms with van der Waals surface area (Å²) in [7, 11) is 0. The average molecular weight is 245 g/mol. The zero-order valence-electron chi connectivity index (χ0n) is 10.3. The first-order chi connectivity index (χ1) is 7.69. The third-order valence-corrected chi connectivity index (χ3v) is 2.27. The fourth-order valence-electron chi connectivity index (χ4n) is 1.59. The number of hydrogen-bond acceptors (Lipinski definition) is 4. The van der Waals surface area contributed by atoms with Crippen LogP contribution in [0, 0.1) is 0 Å². The number of ether oxygens (including phenoxy) is 1. The quantitative estimate of drug-likeness (QED) is 0.586. The Kier molecular flexibility index (Phi) is 3.82. The van der Waals surface area contributed by atoms with Crippen LogP contribution >= 0.6 is 0 Å². The number of likely N-dealkylation sites (tertiary alicyclic amines) is 1. The van der Waals surface area contributed by atoms with Crippen LogP contribution < -0.4 is 11.1 Å². The Morgan fingerprint density at radius 3 is 2.47 bits per heavy atom. The van der Waals surface area contributed by atoms with Gasteiger partial charge >= 0.3 is 12.1 Å². The maximum atomic E-state index is 11.7. The molecule has 0 aromatic heterocycles. The number of amides is 3. The molecule has 7 heteroatoms. The standard InChI is InChI=1S/C10H19N3O4/c1-10(2,3)17-9(16)13-4-6(7(14)5-13)12-8(11)15/h6-7,14H,4-5H2,1-3H3,(H3,11,12,15). The summed E-state index contributed by atoms with van der Waals surface area (Å²) in [4.78, 5) is 23.7. The SMILES string of the molecule is CC(C)(C)OC(=O)N1CC(O)C(NC(N)=O)C1. The van der Waals surface area contributed by atoms with Crippen molar-refractivity contribution in [1.82, 2.24) is 10.2 Å².